The molecule has 0 spiro atoms. The molecule has 6 rings (SSSR count). The molecule has 1 fully saturated rings. The van der Waals surface area contributed by atoms with Crippen LogP contribution in [0, 0.1) is 0 Å². The molecule has 2 aliphatic rings. The fourth-order valence-corrected chi connectivity index (χ4v) is 6.15. The van der Waals surface area contributed by atoms with Crippen molar-refractivity contribution in [2.45, 2.75) is 38.0 Å². The van der Waals surface area contributed by atoms with Gasteiger partial charge < -0.3 is 10.2 Å². The Morgan fingerprint density at radius 3 is 2.47 bits per heavy atom. The van der Waals surface area contributed by atoms with Crippen molar-refractivity contribution in [2.75, 3.05) is 25.0 Å². The van der Waals surface area contributed by atoms with Gasteiger partial charge in [-0.05, 0) is 85.3 Å². The van der Waals surface area contributed by atoms with E-state index in [-0.39, 0.29) is 18.3 Å². The third-order valence-electron chi connectivity index (χ3n) is 7.59. The van der Waals surface area contributed by atoms with E-state index >= 15 is 0 Å². The average Bonchev–Trinajstić information content (AvgIpc) is 2.93. The van der Waals surface area contributed by atoms with E-state index < -0.39 is 0 Å². The largest absolute Gasteiger partial charge is 0.324 e. The molecule has 38 heavy (non-hydrogen) atoms. The number of aromatic nitrogens is 2. The van der Waals surface area contributed by atoms with Crippen LogP contribution in [0.4, 0.5) is 11.6 Å². The van der Waals surface area contributed by atoms with Crippen molar-refractivity contribution in [1.29, 1.82) is 0 Å². The van der Waals surface area contributed by atoms with Crippen molar-refractivity contribution in [3.63, 3.8) is 0 Å². The molecular formula is C31H31Cl3N4. The molecule has 1 atom stereocenters. The maximum atomic E-state index is 6.61. The molecule has 1 aromatic heterocycles. The van der Waals surface area contributed by atoms with Gasteiger partial charge in [0.05, 0.1) is 5.69 Å². The topological polar surface area (TPSA) is 41.1 Å². The van der Waals surface area contributed by atoms with E-state index in [0.717, 1.165) is 47.5 Å². The molecule has 196 valence electrons. The highest BCUT2D eigenvalue weighted by Gasteiger charge is 2.28. The van der Waals surface area contributed by atoms with Gasteiger partial charge in [0, 0.05) is 40.0 Å². The van der Waals surface area contributed by atoms with E-state index in [1.54, 1.807) is 0 Å². The molecule has 1 unspecified atom stereocenters. The van der Waals surface area contributed by atoms with Gasteiger partial charge in [-0.3, -0.25) is 0 Å². The SMILES string of the molecule is Cl.Clc1ccc(C2Cc3cnc(Nc4ccc(CCN5CCCCC5)cc4)nc3-c3ccccc32)c(Cl)c1. The first-order valence-electron chi connectivity index (χ1n) is 13.1. The Bertz CT molecular complexity index is 1400. The predicted molar refractivity (Wildman–Crippen MR) is 160 cm³/mol. The second-order valence-corrected chi connectivity index (χ2v) is 10.9. The number of rotatable bonds is 6. The summed E-state index contributed by atoms with van der Waals surface area (Å²) in [5.41, 5.74) is 7.88. The van der Waals surface area contributed by atoms with Gasteiger partial charge in [-0.1, -0.05) is 72.1 Å². The van der Waals surface area contributed by atoms with Crippen molar-refractivity contribution < 1.29 is 0 Å². The van der Waals surface area contributed by atoms with E-state index in [2.05, 4.69) is 63.7 Å². The van der Waals surface area contributed by atoms with Crippen LogP contribution in [0.15, 0.2) is 72.9 Å². The summed E-state index contributed by atoms with van der Waals surface area (Å²) in [6.45, 7) is 3.63. The van der Waals surface area contributed by atoms with Gasteiger partial charge in [0.15, 0.2) is 0 Å². The van der Waals surface area contributed by atoms with Crippen molar-refractivity contribution in [1.82, 2.24) is 14.9 Å². The second-order valence-electron chi connectivity index (χ2n) is 10.1. The molecule has 0 amide bonds. The summed E-state index contributed by atoms with van der Waals surface area (Å²) >= 11 is 12.8. The third kappa shape index (κ3) is 5.84. The summed E-state index contributed by atoms with van der Waals surface area (Å²) in [6.07, 6.45) is 7.88. The number of halogens is 3. The summed E-state index contributed by atoms with van der Waals surface area (Å²) < 4.78 is 0. The number of likely N-dealkylation sites (tertiary alicyclic amines) is 1. The maximum Gasteiger partial charge on any atom is 0.227 e. The highest BCUT2D eigenvalue weighted by Crippen LogP contribution is 2.44. The Morgan fingerprint density at radius 1 is 0.895 bits per heavy atom. The molecule has 1 aliphatic carbocycles. The van der Waals surface area contributed by atoms with Crippen LogP contribution < -0.4 is 5.32 Å². The van der Waals surface area contributed by atoms with Crippen LogP contribution in [0.1, 0.15) is 47.4 Å². The zero-order valence-electron chi connectivity index (χ0n) is 21.2. The minimum absolute atomic E-state index is 0. The lowest BCUT2D eigenvalue weighted by Crippen LogP contribution is -2.31. The van der Waals surface area contributed by atoms with Gasteiger partial charge in [0.1, 0.15) is 0 Å². The van der Waals surface area contributed by atoms with Crippen LogP contribution in [0.3, 0.4) is 0 Å². The third-order valence-corrected chi connectivity index (χ3v) is 8.16. The van der Waals surface area contributed by atoms with Gasteiger partial charge in [-0.2, -0.15) is 0 Å². The molecule has 1 N–H and O–H groups in total. The molecule has 0 saturated carbocycles. The van der Waals surface area contributed by atoms with Crippen LogP contribution in [0.5, 0.6) is 0 Å². The summed E-state index contributed by atoms with van der Waals surface area (Å²) in [5.74, 6) is 0.742. The highest BCUT2D eigenvalue weighted by molar-refractivity contribution is 6.35. The van der Waals surface area contributed by atoms with Crippen LogP contribution in [-0.4, -0.2) is 34.5 Å². The number of nitrogens with one attached hydrogen (secondary N) is 1. The summed E-state index contributed by atoms with van der Waals surface area (Å²) in [6, 6.07) is 22.9. The van der Waals surface area contributed by atoms with E-state index in [0.29, 0.717) is 16.0 Å². The number of hydrogen-bond acceptors (Lipinski definition) is 4. The summed E-state index contributed by atoms with van der Waals surface area (Å²) in [7, 11) is 0. The van der Waals surface area contributed by atoms with Gasteiger partial charge >= 0.3 is 0 Å². The first-order chi connectivity index (χ1) is 18.1. The molecular weight excluding hydrogens is 535 g/mol. The monoisotopic (exact) mass is 564 g/mol. The lowest BCUT2D eigenvalue weighted by molar-refractivity contribution is 0.231. The van der Waals surface area contributed by atoms with Gasteiger partial charge in [-0.25, -0.2) is 9.97 Å². The lowest BCUT2D eigenvalue weighted by atomic mass is 9.78. The number of benzene rings is 3. The fraction of sp³-hybridized carbons (Fsp3) is 0.290. The smallest absolute Gasteiger partial charge is 0.227 e. The van der Waals surface area contributed by atoms with Crippen molar-refractivity contribution in [3.8, 4) is 11.3 Å². The van der Waals surface area contributed by atoms with E-state index in [1.165, 1.54) is 43.5 Å². The van der Waals surface area contributed by atoms with Crippen LogP contribution in [0.25, 0.3) is 11.3 Å². The highest BCUT2D eigenvalue weighted by atomic mass is 35.5. The number of fused-ring (bicyclic) bond motifs is 3. The number of anilines is 2. The Hall–Kier alpha value is -2.63. The van der Waals surface area contributed by atoms with Gasteiger partial charge in [-0.15, -0.1) is 12.4 Å². The zero-order chi connectivity index (χ0) is 25.2. The zero-order valence-corrected chi connectivity index (χ0v) is 23.5. The molecule has 1 aliphatic heterocycles. The number of nitrogens with zero attached hydrogens (tertiary/aromatic N) is 3. The average molecular weight is 566 g/mol. The molecule has 2 heterocycles. The molecule has 3 aromatic carbocycles. The molecule has 0 radical (unpaired) electrons. The second kappa shape index (κ2) is 12.0. The summed E-state index contributed by atoms with van der Waals surface area (Å²) in [5, 5.41) is 4.74. The Balaban J connectivity index is 0.00000294. The molecule has 7 heteroatoms. The minimum Gasteiger partial charge on any atom is -0.324 e. The number of piperidine rings is 1. The quantitative estimate of drug-likeness (QED) is 0.255. The van der Waals surface area contributed by atoms with Crippen LogP contribution in [-0.2, 0) is 12.8 Å². The van der Waals surface area contributed by atoms with E-state index in [4.69, 9.17) is 28.2 Å². The van der Waals surface area contributed by atoms with Crippen molar-refractivity contribution >= 4 is 47.2 Å². The Labute approximate surface area is 240 Å². The van der Waals surface area contributed by atoms with Crippen LogP contribution in [0.2, 0.25) is 10.0 Å². The molecule has 4 nitrogen and oxygen atoms in total. The van der Waals surface area contributed by atoms with Gasteiger partial charge in [0.2, 0.25) is 5.95 Å². The minimum atomic E-state index is 0. The van der Waals surface area contributed by atoms with Gasteiger partial charge in [0.25, 0.3) is 0 Å². The Morgan fingerprint density at radius 2 is 1.68 bits per heavy atom. The fourth-order valence-electron chi connectivity index (χ4n) is 5.61. The van der Waals surface area contributed by atoms with E-state index in [9.17, 15) is 0 Å². The summed E-state index contributed by atoms with van der Waals surface area (Å²) in [4.78, 5) is 12.2. The first kappa shape index (κ1) is 27.0. The standard InChI is InChI=1S/C31H30Cl2N4.ClH/c32-23-10-13-26(29(33)19-23)28-18-22-20-34-31(36-30(22)27-7-3-2-6-25(27)28)35-24-11-8-21(9-12-24)14-17-37-15-4-1-5-16-37;/h2-3,6-13,19-20,28H,1,4-5,14-18H2,(H,34,35,36);1H. The van der Waals surface area contributed by atoms with E-state index in [1.807, 2.05) is 24.4 Å². The molecule has 0 bridgehead atoms. The van der Waals surface area contributed by atoms with Crippen molar-refractivity contribution in [3.05, 3.63) is 105 Å². The number of hydrogen-bond donors (Lipinski definition) is 1. The molecule has 4 aromatic rings. The molecule has 1 saturated heterocycles. The van der Waals surface area contributed by atoms with Crippen molar-refractivity contribution in [2.24, 2.45) is 0 Å². The van der Waals surface area contributed by atoms with Crippen LogP contribution >= 0.6 is 35.6 Å². The predicted octanol–water partition coefficient (Wildman–Crippen LogP) is 8.33. The lowest BCUT2D eigenvalue weighted by Gasteiger charge is -2.28. The Kier molecular flexibility index (Phi) is 8.54. The normalized spacial score (nSPS) is 16.7. The first-order valence-corrected chi connectivity index (χ1v) is 13.9. The maximum absolute atomic E-state index is 6.61.